The molecule has 138 valence electrons. The maximum Gasteiger partial charge on any atom is 0.222 e. The van der Waals surface area contributed by atoms with Gasteiger partial charge in [0.25, 0.3) is 0 Å². The largest absolute Gasteiger partial charge is 0.481 e. The van der Waals surface area contributed by atoms with E-state index in [0.29, 0.717) is 11.6 Å². The first-order valence-corrected chi connectivity index (χ1v) is 8.86. The normalized spacial score (nSPS) is 11.5. The first kappa shape index (κ1) is 17.3. The Hall–Kier alpha value is -3.15. The molecule has 0 saturated heterocycles. The van der Waals surface area contributed by atoms with Crippen LogP contribution in [-0.2, 0) is 0 Å². The topological polar surface area (TPSA) is 74.2 Å². The van der Waals surface area contributed by atoms with Gasteiger partial charge >= 0.3 is 0 Å². The van der Waals surface area contributed by atoms with Crippen molar-refractivity contribution in [2.45, 2.75) is 33.6 Å². The molecule has 6 heteroatoms. The number of hydrogen-bond acceptors (Lipinski definition) is 6. The van der Waals surface area contributed by atoms with E-state index in [-0.39, 0.29) is 5.92 Å². The number of aryl methyl sites for hydroxylation is 2. The third kappa shape index (κ3) is 2.87. The summed E-state index contributed by atoms with van der Waals surface area (Å²) >= 11 is 0. The Balaban J connectivity index is 2.06. The van der Waals surface area contributed by atoms with Crippen LogP contribution in [0.15, 0.2) is 39.4 Å². The number of furan rings is 1. The maximum atomic E-state index is 6.16. The summed E-state index contributed by atoms with van der Waals surface area (Å²) in [6, 6.07) is 7.88. The summed E-state index contributed by atoms with van der Waals surface area (Å²) in [7, 11) is 1.60. The molecule has 0 fully saturated rings. The van der Waals surface area contributed by atoms with Gasteiger partial charge in [0.1, 0.15) is 17.2 Å². The lowest BCUT2D eigenvalue weighted by Crippen LogP contribution is -1.95. The minimum absolute atomic E-state index is 0.267. The second-order valence-electron chi connectivity index (χ2n) is 6.84. The van der Waals surface area contributed by atoms with Crippen molar-refractivity contribution < 1.29 is 13.7 Å². The van der Waals surface area contributed by atoms with Crippen LogP contribution in [0.1, 0.15) is 37.0 Å². The fourth-order valence-corrected chi connectivity index (χ4v) is 3.25. The number of nitrogens with zero attached hydrogens (tertiary/aromatic N) is 3. The van der Waals surface area contributed by atoms with Crippen molar-refractivity contribution in [2.24, 2.45) is 0 Å². The second kappa shape index (κ2) is 6.54. The van der Waals surface area contributed by atoms with Crippen LogP contribution in [0.3, 0.4) is 0 Å². The molecule has 0 spiro atoms. The summed E-state index contributed by atoms with van der Waals surface area (Å²) in [5.41, 5.74) is 4.68. The Bertz CT molecular complexity index is 1110. The number of aromatic nitrogens is 3. The third-order valence-electron chi connectivity index (χ3n) is 4.60. The lowest BCUT2D eigenvalue weighted by Gasteiger charge is -2.09. The Labute approximate surface area is 157 Å². The van der Waals surface area contributed by atoms with E-state index in [0.717, 1.165) is 45.0 Å². The third-order valence-corrected chi connectivity index (χ3v) is 4.60. The number of methoxy groups -OCH3 is 1. The van der Waals surface area contributed by atoms with Gasteiger partial charge in [0.2, 0.25) is 5.88 Å². The molecule has 0 saturated carbocycles. The SMILES string of the molecule is COc1ncccc1-c1nc(-c2c(C)noc2C)cc2cc(C(C)C)oc12. The highest BCUT2D eigenvalue weighted by Gasteiger charge is 2.21. The van der Waals surface area contributed by atoms with Gasteiger partial charge in [-0.25, -0.2) is 9.97 Å². The Kier molecular flexibility index (Phi) is 4.18. The summed E-state index contributed by atoms with van der Waals surface area (Å²) in [5, 5.41) is 5.04. The van der Waals surface area contributed by atoms with E-state index >= 15 is 0 Å². The number of hydrogen-bond donors (Lipinski definition) is 0. The van der Waals surface area contributed by atoms with Gasteiger partial charge in [-0.2, -0.15) is 0 Å². The molecule has 4 aromatic heterocycles. The zero-order valence-electron chi connectivity index (χ0n) is 16.0. The minimum atomic E-state index is 0.267. The molecule has 0 N–H and O–H groups in total. The van der Waals surface area contributed by atoms with Gasteiger partial charge in [-0.1, -0.05) is 19.0 Å². The van der Waals surface area contributed by atoms with Gasteiger partial charge in [-0.15, -0.1) is 0 Å². The van der Waals surface area contributed by atoms with E-state index in [9.17, 15) is 0 Å². The molecule has 0 atom stereocenters. The van der Waals surface area contributed by atoms with Crippen molar-refractivity contribution in [2.75, 3.05) is 7.11 Å². The highest BCUT2D eigenvalue weighted by molar-refractivity contribution is 5.94. The van der Waals surface area contributed by atoms with Crippen LogP contribution in [0.5, 0.6) is 5.88 Å². The first-order valence-electron chi connectivity index (χ1n) is 8.86. The molecule has 4 heterocycles. The van der Waals surface area contributed by atoms with E-state index in [1.54, 1.807) is 13.3 Å². The van der Waals surface area contributed by atoms with Crippen molar-refractivity contribution in [3.63, 3.8) is 0 Å². The highest BCUT2D eigenvalue weighted by atomic mass is 16.5. The molecular formula is C21H21N3O3. The summed E-state index contributed by atoms with van der Waals surface area (Å²) in [4.78, 5) is 9.22. The standard InChI is InChI=1S/C21H21N3O3/c1-11(2)17-10-14-9-16(18-12(3)24-27-13(18)4)23-19(20(14)26-17)15-7-6-8-22-21(15)25-5/h6-11H,1-5H3. The molecule has 0 radical (unpaired) electrons. The monoisotopic (exact) mass is 363 g/mol. The van der Waals surface area contributed by atoms with E-state index in [1.807, 2.05) is 32.0 Å². The van der Waals surface area contributed by atoms with Crippen LogP contribution in [0.4, 0.5) is 0 Å². The minimum Gasteiger partial charge on any atom is -0.481 e. The number of fused-ring (bicyclic) bond motifs is 1. The summed E-state index contributed by atoms with van der Waals surface area (Å²) in [6.07, 6.45) is 1.69. The summed E-state index contributed by atoms with van der Waals surface area (Å²) < 4.78 is 17.0. The molecule has 0 aliphatic heterocycles. The lowest BCUT2D eigenvalue weighted by molar-refractivity contribution is 0.393. The van der Waals surface area contributed by atoms with Crippen molar-refractivity contribution in [1.29, 1.82) is 0 Å². The van der Waals surface area contributed by atoms with E-state index in [2.05, 4.69) is 30.1 Å². The van der Waals surface area contributed by atoms with Crippen LogP contribution in [0.2, 0.25) is 0 Å². The number of ether oxygens (including phenoxy) is 1. The average Bonchev–Trinajstić information content (AvgIpc) is 3.24. The Morgan fingerprint density at radius 2 is 1.96 bits per heavy atom. The lowest BCUT2D eigenvalue weighted by atomic mass is 10.0. The number of pyridine rings is 2. The van der Waals surface area contributed by atoms with Crippen molar-refractivity contribution in [3.05, 3.63) is 47.7 Å². The quantitative estimate of drug-likeness (QED) is 0.490. The van der Waals surface area contributed by atoms with Crippen LogP contribution in [-0.4, -0.2) is 22.2 Å². The van der Waals surface area contributed by atoms with Crippen LogP contribution in [0, 0.1) is 13.8 Å². The molecule has 0 aliphatic carbocycles. The van der Waals surface area contributed by atoms with E-state index < -0.39 is 0 Å². The van der Waals surface area contributed by atoms with Crippen LogP contribution < -0.4 is 4.74 Å². The predicted molar refractivity (Wildman–Crippen MR) is 103 cm³/mol. The molecule has 27 heavy (non-hydrogen) atoms. The van der Waals surface area contributed by atoms with Gasteiger partial charge in [-0.05, 0) is 38.1 Å². The van der Waals surface area contributed by atoms with Gasteiger partial charge in [0.15, 0.2) is 5.58 Å². The predicted octanol–water partition coefficient (Wildman–Crippen LogP) is 5.29. The zero-order chi connectivity index (χ0) is 19.1. The Morgan fingerprint density at radius 1 is 1.15 bits per heavy atom. The first-order chi connectivity index (χ1) is 13.0. The molecule has 0 unspecified atom stereocenters. The molecule has 0 aromatic carbocycles. The highest BCUT2D eigenvalue weighted by Crippen LogP contribution is 2.38. The van der Waals surface area contributed by atoms with E-state index in [1.165, 1.54) is 0 Å². The maximum absolute atomic E-state index is 6.16. The van der Waals surface area contributed by atoms with Crippen molar-refractivity contribution in [3.8, 4) is 28.4 Å². The Morgan fingerprint density at radius 3 is 2.63 bits per heavy atom. The zero-order valence-corrected chi connectivity index (χ0v) is 16.0. The smallest absolute Gasteiger partial charge is 0.222 e. The molecule has 0 aliphatic rings. The molecular weight excluding hydrogens is 342 g/mol. The summed E-state index contributed by atoms with van der Waals surface area (Å²) in [6.45, 7) is 8.01. The second-order valence-corrected chi connectivity index (χ2v) is 6.84. The average molecular weight is 363 g/mol. The van der Waals surface area contributed by atoms with Crippen molar-refractivity contribution in [1.82, 2.24) is 15.1 Å². The fraction of sp³-hybridized carbons (Fsp3) is 0.286. The van der Waals surface area contributed by atoms with Gasteiger partial charge in [-0.3, -0.25) is 0 Å². The van der Waals surface area contributed by atoms with Crippen LogP contribution in [0.25, 0.3) is 33.5 Å². The molecule has 6 nitrogen and oxygen atoms in total. The van der Waals surface area contributed by atoms with Gasteiger partial charge < -0.3 is 13.7 Å². The fourth-order valence-electron chi connectivity index (χ4n) is 3.25. The van der Waals surface area contributed by atoms with Gasteiger partial charge in [0, 0.05) is 17.5 Å². The molecule has 4 aromatic rings. The molecule has 4 rings (SSSR count). The van der Waals surface area contributed by atoms with Crippen molar-refractivity contribution >= 4 is 11.0 Å². The molecule has 0 bridgehead atoms. The van der Waals surface area contributed by atoms with Crippen LogP contribution >= 0.6 is 0 Å². The molecule has 0 amide bonds. The summed E-state index contributed by atoms with van der Waals surface area (Å²) in [5.74, 6) is 2.41. The van der Waals surface area contributed by atoms with E-state index in [4.69, 9.17) is 18.7 Å². The van der Waals surface area contributed by atoms with Gasteiger partial charge in [0.05, 0.1) is 29.6 Å². The number of rotatable bonds is 4.